The van der Waals surface area contributed by atoms with Crippen molar-refractivity contribution < 1.29 is 17.9 Å². The Labute approximate surface area is 175 Å². The van der Waals surface area contributed by atoms with Crippen molar-refractivity contribution in [3.8, 4) is 0 Å². The second-order valence-electron chi connectivity index (χ2n) is 7.28. The number of carbonyl (C=O) groups excluding carboxylic acids is 1. The molecule has 7 nitrogen and oxygen atoms in total. The molecule has 0 bridgehead atoms. The Morgan fingerprint density at radius 3 is 2.76 bits per heavy atom. The molecule has 0 saturated carbocycles. The molecule has 2 saturated heterocycles. The van der Waals surface area contributed by atoms with Crippen molar-refractivity contribution >= 4 is 33.0 Å². The first-order valence-electron chi connectivity index (χ1n) is 9.79. The molecule has 1 atom stereocenters. The third-order valence-electron chi connectivity index (χ3n) is 5.27. The molecular weight excluding hydrogens is 410 g/mol. The Morgan fingerprint density at radius 1 is 1.17 bits per heavy atom. The number of morpholine rings is 1. The van der Waals surface area contributed by atoms with Crippen LogP contribution in [-0.4, -0.2) is 62.4 Å². The summed E-state index contributed by atoms with van der Waals surface area (Å²) in [6.45, 7) is 4.45. The molecule has 1 N–H and O–H groups in total. The largest absolute Gasteiger partial charge is 0.379 e. The highest BCUT2D eigenvalue weighted by molar-refractivity contribution is 7.91. The molecule has 1 aromatic heterocycles. The minimum atomic E-state index is -3.64. The summed E-state index contributed by atoms with van der Waals surface area (Å²) >= 11 is 1.18. The molecule has 2 aromatic rings. The SMILES string of the molecule is O=C(Nc1cccc(CN2CCOCC2)c1)C1CCCN1S(=O)(=O)c1cccs1. The van der Waals surface area contributed by atoms with Gasteiger partial charge in [0.2, 0.25) is 5.91 Å². The summed E-state index contributed by atoms with van der Waals surface area (Å²) in [6.07, 6.45) is 1.21. The summed E-state index contributed by atoms with van der Waals surface area (Å²) in [5, 5.41) is 4.66. The first-order valence-corrected chi connectivity index (χ1v) is 12.1. The predicted molar refractivity (Wildman–Crippen MR) is 112 cm³/mol. The van der Waals surface area contributed by atoms with Crippen LogP contribution in [0.5, 0.6) is 0 Å². The Hall–Kier alpha value is -1.78. The van der Waals surface area contributed by atoms with Gasteiger partial charge in [0.05, 0.1) is 13.2 Å². The van der Waals surface area contributed by atoms with Crippen molar-refractivity contribution in [3.63, 3.8) is 0 Å². The summed E-state index contributed by atoms with van der Waals surface area (Å²) in [4.78, 5) is 15.2. The molecule has 0 radical (unpaired) electrons. The summed E-state index contributed by atoms with van der Waals surface area (Å²) in [5.74, 6) is -0.272. The molecule has 1 amide bonds. The van der Waals surface area contributed by atoms with Crippen molar-refractivity contribution in [2.45, 2.75) is 29.6 Å². The third kappa shape index (κ3) is 4.70. The fraction of sp³-hybridized carbons (Fsp3) is 0.450. The minimum Gasteiger partial charge on any atom is -0.379 e. The van der Waals surface area contributed by atoms with Crippen LogP contribution in [0.25, 0.3) is 0 Å². The maximum Gasteiger partial charge on any atom is 0.253 e. The Balaban J connectivity index is 1.44. The van der Waals surface area contributed by atoms with E-state index in [9.17, 15) is 13.2 Å². The standard InChI is InChI=1S/C20H25N3O4S2/c24-20(18-6-2-8-23(18)29(25,26)19-7-3-13-28-19)21-17-5-1-4-16(14-17)15-22-9-11-27-12-10-22/h1,3-5,7,13-14,18H,2,6,8-12,15H2,(H,21,24). The van der Waals surface area contributed by atoms with Crippen LogP contribution in [-0.2, 0) is 26.1 Å². The van der Waals surface area contributed by atoms with E-state index in [1.165, 1.54) is 15.6 Å². The molecule has 0 aliphatic carbocycles. The molecule has 1 unspecified atom stereocenters. The van der Waals surface area contributed by atoms with Crippen LogP contribution in [0.4, 0.5) is 5.69 Å². The van der Waals surface area contributed by atoms with Gasteiger partial charge in [0.15, 0.2) is 0 Å². The van der Waals surface area contributed by atoms with Gasteiger partial charge in [-0.05, 0) is 42.0 Å². The van der Waals surface area contributed by atoms with Gasteiger partial charge in [-0.25, -0.2) is 8.42 Å². The number of benzene rings is 1. The van der Waals surface area contributed by atoms with Gasteiger partial charge in [-0.3, -0.25) is 9.69 Å². The van der Waals surface area contributed by atoms with E-state index in [2.05, 4.69) is 10.2 Å². The third-order valence-corrected chi connectivity index (χ3v) is 8.55. The minimum absolute atomic E-state index is 0.272. The lowest BCUT2D eigenvalue weighted by Crippen LogP contribution is -2.42. The van der Waals surface area contributed by atoms with Crippen molar-refractivity contribution in [3.05, 3.63) is 47.3 Å². The number of ether oxygens (including phenoxy) is 1. The topological polar surface area (TPSA) is 79.0 Å². The summed E-state index contributed by atoms with van der Waals surface area (Å²) in [5.41, 5.74) is 1.81. The van der Waals surface area contributed by atoms with E-state index in [0.29, 0.717) is 25.1 Å². The molecule has 9 heteroatoms. The number of nitrogens with zero attached hydrogens (tertiary/aromatic N) is 2. The first kappa shape index (κ1) is 20.5. The number of nitrogens with one attached hydrogen (secondary N) is 1. The number of thiophene rings is 1. The van der Waals surface area contributed by atoms with Crippen LogP contribution < -0.4 is 5.32 Å². The van der Waals surface area contributed by atoms with E-state index in [-0.39, 0.29) is 10.1 Å². The maximum absolute atomic E-state index is 12.9. The molecule has 29 heavy (non-hydrogen) atoms. The number of rotatable bonds is 6. The molecule has 1 aromatic carbocycles. The quantitative estimate of drug-likeness (QED) is 0.754. The fourth-order valence-electron chi connectivity index (χ4n) is 3.81. The van der Waals surface area contributed by atoms with Crippen molar-refractivity contribution in [2.75, 3.05) is 38.2 Å². The van der Waals surface area contributed by atoms with Gasteiger partial charge in [0.1, 0.15) is 10.3 Å². The summed E-state index contributed by atoms with van der Waals surface area (Å²) in [6, 6.07) is 10.4. The molecule has 2 aliphatic heterocycles. The lowest BCUT2D eigenvalue weighted by molar-refractivity contribution is -0.119. The zero-order chi connectivity index (χ0) is 20.3. The van der Waals surface area contributed by atoms with Gasteiger partial charge in [-0.1, -0.05) is 18.2 Å². The lowest BCUT2D eigenvalue weighted by Gasteiger charge is -2.26. The Kier molecular flexibility index (Phi) is 6.31. The van der Waals surface area contributed by atoms with E-state index in [1.54, 1.807) is 17.5 Å². The first-order chi connectivity index (χ1) is 14.0. The van der Waals surface area contributed by atoms with Crippen LogP contribution in [0.3, 0.4) is 0 Å². The normalized spacial score (nSPS) is 21.3. The van der Waals surface area contributed by atoms with Gasteiger partial charge < -0.3 is 10.1 Å². The average molecular weight is 436 g/mol. The molecular formula is C20H25N3O4S2. The van der Waals surface area contributed by atoms with E-state index in [4.69, 9.17) is 4.74 Å². The highest BCUT2D eigenvalue weighted by atomic mass is 32.2. The molecule has 156 valence electrons. The molecule has 2 aliphatic rings. The van der Waals surface area contributed by atoms with Gasteiger partial charge in [-0.15, -0.1) is 11.3 Å². The highest BCUT2D eigenvalue weighted by Gasteiger charge is 2.39. The zero-order valence-corrected chi connectivity index (χ0v) is 17.8. The van der Waals surface area contributed by atoms with Crippen molar-refractivity contribution in [2.24, 2.45) is 0 Å². The number of amides is 1. The van der Waals surface area contributed by atoms with Crippen LogP contribution in [0.1, 0.15) is 18.4 Å². The van der Waals surface area contributed by atoms with Crippen LogP contribution in [0, 0.1) is 0 Å². The highest BCUT2D eigenvalue weighted by Crippen LogP contribution is 2.29. The van der Waals surface area contributed by atoms with E-state index < -0.39 is 16.1 Å². The van der Waals surface area contributed by atoms with Gasteiger partial charge in [0, 0.05) is 31.9 Å². The lowest BCUT2D eigenvalue weighted by atomic mass is 10.1. The van der Waals surface area contributed by atoms with Crippen molar-refractivity contribution in [1.29, 1.82) is 0 Å². The number of sulfonamides is 1. The Morgan fingerprint density at radius 2 is 2.00 bits per heavy atom. The number of hydrogen-bond donors (Lipinski definition) is 1. The molecule has 0 spiro atoms. The maximum atomic E-state index is 12.9. The molecule has 4 rings (SSSR count). The van der Waals surface area contributed by atoms with E-state index in [0.717, 1.165) is 38.4 Å². The average Bonchev–Trinajstić information content (AvgIpc) is 3.42. The Bertz CT molecular complexity index is 940. The van der Waals surface area contributed by atoms with Gasteiger partial charge in [0.25, 0.3) is 10.0 Å². The van der Waals surface area contributed by atoms with E-state index in [1.807, 2.05) is 24.3 Å². The van der Waals surface area contributed by atoms with Gasteiger partial charge in [-0.2, -0.15) is 4.31 Å². The van der Waals surface area contributed by atoms with Crippen LogP contribution >= 0.6 is 11.3 Å². The number of anilines is 1. The number of hydrogen-bond acceptors (Lipinski definition) is 6. The zero-order valence-electron chi connectivity index (χ0n) is 16.1. The van der Waals surface area contributed by atoms with Gasteiger partial charge >= 0.3 is 0 Å². The van der Waals surface area contributed by atoms with Crippen molar-refractivity contribution in [1.82, 2.24) is 9.21 Å². The predicted octanol–water partition coefficient (Wildman–Crippen LogP) is 2.37. The second kappa shape index (κ2) is 8.93. The monoisotopic (exact) mass is 435 g/mol. The van der Waals surface area contributed by atoms with E-state index >= 15 is 0 Å². The van der Waals surface area contributed by atoms with Crippen LogP contribution in [0.2, 0.25) is 0 Å². The summed E-state index contributed by atoms with van der Waals surface area (Å²) in [7, 11) is -3.64. The van der Waals surface area contributed by atoms with Crippen LogP contribution in [0.15, 0.2) is 46.0 Å². The smallest absolute Gasteiger partial charge is 0.253 e. The summed E-state index contributed by atoms with van der Waals surface area (Å²) < 4.78 is 32.8. The molecule has 3 heterocycles. The fourth-order valence-corrected chi connectivity index (χ4v) is 6.58. The second-order valence-corrected chi connectivity index (χ2v) is 10.3. The molecule has 2 fully saturated rings. The number of carbonyl (C=O) groups is 1.